The Balaban J connectivity index is 2.05. The summed E-state index contributed by atoms with van der Waals surface area (Å²) >= 11 is 4.97. The predicted molar refractivity (Wildman–Crippen MR) is 93.1 cm³/mol. The molecule has 2 heteroatoms. The Labute approximate surface area is 135 Å². The first kappa shape index (κ1) is 12.9. The van der Waals surface area contributed by atoms with Crippen LogP contribution in [0.2, 0.25) is 0 Å². The Kier molecular flexibility index (Phi) is 3.94. The maximum Gasteiger partial charge on any atom is 0.0165 e. The first-order chi connectivity index (χ1) is 8.72. The Hall–Kier alpha value is -0.100. The highest BCUT2D eigenvalue weighted by molar-refractivity contribution is 14.1. The molecule has 6 rings (SSSR count). The lowest BCUT2D eigenvalue weighted by atomic mass is 9.97. The molecule has 4 aliphatic rings. The fraction of sp³-hybridized carbons (Fsp3) is 0.250. The van der Waals surface area contributed by atoms with Crippen LogP contribution >= 0.6 is 45.2 Å². The largest absolute Gasteiger partial charge is 0.0588 e. The third-order valence-electron chi connectivity index (χ3n) is 3.60. The highest BCUT2D eigenvalue weighted by Crippen LogP contribution is 2.24. The number of hydrogen-bond acceptors (Lipinski definition) is 0. The van der Waals surface area contributed by atoms with Gasteiger partial charge in [-0.25, -0.2) is 0 Å². The minimum absolute atomic E-state index is 1.14. The van der Waals surface area contributed by atoms with Crippen molar-refractivity contribution in [2.75, 3.05) is 0 Å². The second-order valence-corrected chi connectivity index (χ2v) is 7.18. The van der Waals surface area contributed by atoms with Gasteiger partial charge in [0.05, 0.1) is 0 Å². The molecular formula is C16H14I2. The highest BCUT2D eigenvalue weighted by Gasteiger charge is 2.09. The summed E-state index contributed by atoms with van der Waals surface area (Å²) in [4.78, 5) is 0. The number of benzene rings is 2. The predicted octanol–water partition coefficient (Wildman–Crippen LogP) is 4.78. The molecule has 0 amide bonds. The Morgan fingerprint density at radius 2 is 1.00 bits per heavy atom. The summed E-state index contributed by atoms with van der Waals surface area (Å²) in [7, 11) is 0. The van der Waals surface area contributed by atoms with Crippen molar-refractivity contribution < 1.29 is 0 Å². The van der Waals surface area contributed by atoms with Gasteiger partial charge in [0, 0.05) is 7.14 Å². The number of rotatable bonds is 0. The molecule has 18 heavy (non-hydrogen) atoms. The van der Waals surface area contributed by atoms with Crippen LogP contribution in [0.5, 0.6) is 0 Å². The van der Waals surface area contributed by atoms with Crippen LogP contribution < -0.4 is 0 Å². The van der Waals surface area contributed by atoms with Gasteiger partial charge < -0.3 is 0 Å². The van der Waals surface area contributed by atoms with Crippen molar-refractivity contribution in [3.05, 3.63) is 65.8 Å². The normalized spacial score (nSPS) is 14.3. The first-order valence-corrected chi connectivity index (χ1v) is 8.43. The van der Waals surface area contributed by atoms with E-state index in [4.69, 9.17) is 0 Å². The second-order valence-electron chi connectivity index (χ2n) is 4.85. The van der Waals surface area contributed by atoms with Crippen molar-refractivity contribution in [2.24, 2.45) is 0 Å². The zero-order valence-electron chi connectivity index (χ0n) is 10.0. The van der Waals surface area contributed by atoms with Crippen LogP contribution in [0.15, 0.2) is 36.4 Å². The average molecular weight is 460 g/mol. The van der Waals surface area contributed by atoms with E-state index in [2.05, 4.69) is 81.6 Å². The summed E-state index contributed by atoms with van der Waals surface area (Å²) in [5.74, 6) is 0. The number of hydrogen-bond donors (Lipinski definition) is 0. The van der Waals surface area contributed by atoms with Crippen LogP contribution in [0.1, 0.15) is 22.3 Å². The molecule has 0 spiro atoms. The van der Waals surface area contributed by atoms with Crippen molar-refractivity contribution in [1.29, 1.82) is 0 Å². The smallest absolute Gasteiger partial charge is 0.0165 e. The number of halogens is 2. The fourth-order valence-corrected chi connectivity index (χ4v) is 4.05. The summed E-state index contributed by atoms with van der Waals surface area (Å²) in [6, 6.07) is 13.9. The lowest BCUT2D eigenvalue weighted by molar-refractivity contribution is 0.911. The summed E-state index contributed by atoms with van der Waals surface area (Å²) in [6.45, 7) is 0. The van der Waals surface area contributed by atoms with Crippen LogP contribution in [0.4, 0.5) is 0 Å². The minimum Gasteiger partial charge on any atom is -0.0588 e. The van der Waals surface area contributed by atoms with E-state index < -0.39 is 0 Å². The highest BCUT2D eigenvalue weighted by atomic mass is 127. The summed E-state index contributed by atoms with van der Waals surface area (Å²) < 4.78 is 2.86. The molecule has 0 saturated carbocycles. The Morgan fingerprint density at radius 1 is 0.611 bits per heavy atom. The van der Waals surface area contributed by atoms with Crippen LogP contribution in [-0.2, 0) is 25.7 Å². The van der Waals surface area contributed by atoms with Gasteiger partial charge in [-0.2, -0.15) is 0 Å². The van der Waals surface area contributed by atoms with Crippen molar-refractivity contribution in [1.82, 2.24) is 0 Å². The molecule has 2 aromatic rings. The Morgan fingerprint density at radius 3 is 1.39 bits per heavy atom. The lowest BCUT2D eigenvalue weighted by Crippen LogP contribution is -2.02. The van der Waals surface area contributed by atoms with Crippen molar-refractivity contribution >= 4 is 45.2 Å². The van der Waals surface area contributed by atoms with Crippen molar-refractivity contribution in [2.45, 2.75) is 25.7 Å². The van der Waals surface area contributed by atoms with Gasteiger partial charge in [-0.3, -0.25) is 0 Å². The molecule has 0 N–H and O–H groups in total. The molecular weight excluding hydrogens is 446 g/mol. The zero-order valence-corrected chi connectivity index (χ0v) is 14.4. The first-order valence-electron chi connectivity index (χ1n) is 6.27. The van der Waals surface area contributed by atoms with Gasteiger partial charge in [-0.05, 0) is 105 Å². The van der Waals surface area contributed by atoms with Crippen LogP contribution in [0.25, 0.3) is 0 Å². The third-order valence-corrected chi connectivity index (χ3v) is 5.61. The molecule has 4 aliphatic carbocycles. The van der Waals surface area contributed by atoms with Crippen LogP contribution in [0, 0.1) is 7.14 Å². The molecule has 0 aliphatic heterocycles. The van der Waals surface area contributed by atoms with Gasteiger partial charge in [0.2, 0.25) is 0 Å². The topological polar surface area (TPSA) is 0 Å². The number of aryl methyl sites for hydroxylation is 4. The van der Waals surface area contributed by atoms with E-state index in [1.165, 1.54) is 29.4 Å². The maximum atomic E-state index is 2.49. The van der Waals surface area contributed by atoms with E-state index in [9.17, 15) is 0 Å². The summed E-state index contributed by atoms with van der Waals surface area (Å²) in [5, 5.41) is 0. The summed E-state index contributed by atoms with van der Waals surface area (Å²) in [6.07, 6.45) is 4.58. The molecule has 2 aromatic carbocycles. The SMILES string of the molecule is Ic1cc2c(I)cc1CCc1ccc(cc1)CC2. The van der Waals surface area contributed by atoms with Crippen LogP contribution in [0.3, 0.4) is 0 Å². The van der Waals surface area contributed by atoms with Gasteiger partial charge in [0.15, 0.2) is 0 Å². The molecule has 0 saturated heterocycles. The molecule has 0 heterocycles. The van der Waals surface area contributed by atoms with Gasteiger partial charge in [-0.15, -0.1) is 0 Å². The molecule has 4 bridgehead atoms. The zero-order chi connectivity index (χ0) is 12.5. The maximum absolute atomic E-state index is 2.49. The molecule has 0 unspecified atom stereocenters. The molecule has 0 aromatic heterocycles. The van der Waals surface area contributed by atoms with E-state index in [-0.39, 0.29) is 0 Å². The van der Waals surface area contributed by atoms with E-state index in [1.807, 2.05) is 0 Å². The summed E-state index contributed by atoms with van der Waals surface area (Å²) in [5.41, 5.74) is 5.89. The van der Waals surface area contributed by atoms with E-state index in [1.54, 1.807) is 0 Å². The molecule has 0 fully saturated rings. The van der Waals surface area contributed by atoms with E-state index in [0.29, 0.717) is 0 Å². The van der Waals surface area contributed by atoms with E-state index >= 15 is 0 Å². The van der Waals surface area contributed by atoms with Crippen molar-refractivity contribution in [3.63, 3.8) is 0 Å². The standard InChI is InChI=1S/C16H14I2/c17-15-10-14-8-6-12-2-1-11(3-4-12)5-7-13(15)9-16(14)18/h1-4,9-10H,5-8H2. The Bertz CT molecular complexity index is 518. The van der Waals surface area contributed by atoms with Gasteiger partial charge >= 0.3 is 0 Å². The molecule has 0 atom stereocenters. The molecule has 0 nitrogen and oxygen atoms in total. The van der Waals surface area contributed by atoms with Gasteiger partial charge in [0.1, 0.15) is 0 Å². The monoisotopic (exact) mass is 460 g/mol. The second kappa shape index (κ2) is 5.49. The molecule has 92 valence electrons. The van der Waals surface area contributed by atoms with Gasteiger partial charge in [0.25, 0.3) is 0 Å². The van der Waals surface area contributed by atoms with Crippen molar-refractivity contribution in [3.8, 4) is 0 Å². The van der Waals surface area contributed by atoms with Crippen LogP contribution in [-0.4, -0.2) is 0 Å². The quantitative estimate of drug-likeness (QED) is 0.497. The van der Waals surface area contributed by atoms with Gasteiger partial charge in [-0.1, -0.05) is 24.3 Å². The van der Waals surface area contributed by atoms with E-state index in [0.717, 1.165) is 25.7 Å². The lowest BCUT2D eigenvalue weighted by Gasteiger charge is -2.13. The minimum atomic E-state index is 1.14. The fourth-order valence-electron chi connectivity index (χ4n) is 2.44. The third kappa shape index (κ3) is 2.74. The average Bonchev–Trinajstić information content (AvgIpc) is 2.37. The molecule has 0 radical (unpaired) electrons.